The van der Waals surface area contributed by atoms with E-state index in [0.29, 0.717) is 6.42 Å². The molecular formula is C18H20N2O. The Hall–Kier alpha value is -1.90. The minimum absolute atomic E-state index is 0.0297. The molecule has 0 spiro atoms. The Morgan fingerprint density at radius 2 is 2.05 bits per heavy atom. The Kier molecular flexibility index (Phi) is 2.62. The normalized spacial score (nSPS) is 19.4. The van der Waals surface area contributed by atoms with Crippen LogP contribution in [0, 0.1) is 5.41 Å². The van der Waals surface area contributed by atoms with Gasteiger partial charge in [-0.3, -0.25) is 9.36 Å². The van der Waals surface area contributed by atoms with Crippen LogP contribution in [-0.4, -0.2) is 15.3 Å². The number of Topliss-reactive ketones (excluding diaryl/α,β-unsaturated/α-hetero) is 1. The third-order valence-corrected chi connectivity index (χ3v) is 4.77. The summed E-state index contributed by atoms with van der Waals surface area (Å²) in [6, 6.07) is 6.43. The van der Waals surface area contributed by atoms with E-state index in [9.17, 15) is 4.79 Å². The third kappa shape index (κ3) is 1.95. The van der Waals surface area contributed by atoms with Crippen molar-refractivity contribution in [3.05, 3.63) is 47.0 Å². The molecule has 3 heteroatoms. The molecule has 0 aliphatic heterocycles. The van der Waals surface area contributed by atoms with Crippen LogP contribution in [0.2, 0.25) is 0 Å². The summed E-state index contributed by atoms with van der Waals surface area (Å²) in [7, 11) is 0. The predicted octanol–water partition coefficient (Wildman–Crippen LogP) is 3.52. The number of aryl methyl sites for hydroxylation is 1. The number of ketones is 1. The molecule has 0 saturated heterocycles. The summed E-state index contributed by atoms with van der Waals surface area (Å²) in [5.74, 6) is 0.231. The highest BCUT2D eigenvalue weighted by Gasteiger charge is 2.35. The van der Waals surface area contributed by atoms with E-state index < -0.39 is 0 Å². The molecular weight excluding hydrogens is 260 g/mol. The number of carbonyl (C=O) groups is 1. The lowest BCUT2D eigenvalue weighted by Crippen LogP contribution is -2.28. The van der Waals surface area contributed by atoms with Crippen LogP contribution >= 0.6 is 0 Å². The van der Waals surface area contributed by atoms with Crippen molar-refractivity contribution in [1.29, 1.82) is 0 Å². The molecule has 1 aromatic heterocycles. The Bertz CT molecular complexity index is 740. The van der Waals surface area contributed by atoms with E-state index in [-0.39, 0.29) is 11.2 Å². The second-order valence-corrected chi connectivity index (χ2v) is 7.12. The van der Waals surface area contributed by atoms with E-state index >= 15 is 0 Å². The molecule has 0 atom stereocenters. The molecule has 0 unspecified atom stereocenters. The van der Waals surface area contributed by atoms with Crippen molar-refractivity contribution in [1.82, 2.24) is 9.55 Å². The van der Waals surface area contributed by atoms with Crippen molar-refractivity contribution in [3.8, 4) is 5.69 Å². The van der Waals surface area contributed by atoms with E-state index in [0.717, 1.165) is 36.3 Å². The van der Waals surface area contributed by atoms with Crippen LogP contribution in [0.5, 0.6) is 0 Å². The highest BCUT2D eigenvalue weighted by molar-refractivity contribution is 5.97. The van der Waals surface area contributed by atoms with Crippen LogP contribution < -0.4 is 0 Å². The Morgan fingerprint density at radius 1 is 1.19 bits per heavy atom. The van der Waals surface area contributed by atoms with E-state index in [1.54, 1.807) is 0 Å². The molecule has 3 nitrogen and oxygen atoms in total. The average Bonchev–Trinajstić information content (AvgIpc) is 3.02. The Balaban J connectivity index is 1.88. The van der Waals surface area contributed by atoms with Gasteiger partial charge in [0.1, 0.15) is 12.0 Å². The molecule has 0 fully saturated rings. The maximum Gasteiger partial charge on any atom is 0.182 e. The molecule has 2 aliphatic carbocycles. The number of carbonyl (C=O) groups excluding carboxylic acids is 1. The summed E-state index contributed by atoms with van der Waals surface area (Å²) in [6.45, 7) is 4.29. The Morgan fingerprint density at radius 3 is 2.90 bits per heavy atom. The van der Waals surface area contributed by atoms with Gasteiger partial charge in [0.25, 0.3) is 0 Å². The van der Waals surface area contributed by atoms with Gasteiger partial charge in [0.05, 0.1) is 11.4 Å². The van der Waals surface area contributed by atoms with Crippen molar-refractivity contribution in [2.75, 3.05) is 0 Å². The fraction of sp³-hybridized carbons (Fsp3) is 0.444. The van der Waals surface area contributed by atoms with Gasteiger partial charge >= 0.3 is 0 Å². The van der Waals surface area contributed by atoms with E-state index in [4.69, 9.17) is 0 Å². The Labute approximate surface area is 125 Å². The van der Waals surface area contributed by atoms with Gasteiger partial charge in [-0.15, -0.1) is 0 Å². The third-order valence-electron chi connectivity index (χ3n) is 4.77. The molecule has 108 valence electrons. The van der Waals surface area contributed by atoms with Gasteiger partial charge in [0.2, 0.25) is 0 Å². The van der Waals surface area contributed by atoms with E-state index in [1.165, 1.54) is 17.5 Å². The van der Waals surface area contributed by atoms with Crippen molar-refractivity contribution >= 4 is 5.78 Å². The van der Waals surface area contributed by atoms with Gasteiger partial charge in [-0.1, -0.05) is 26.0 Å². The van der Waals surface area contributed by atoms with Crippen molar-refractivity contribution < 1.29 is 4.79 Å². The summed E-state index contributed by atoms with van der Waals surface area (Å²) in [4.78, 5) is 17.1. The monoisotopic (exact) mass is 280 g/mol. The molecule has 1 heterocycles. The van der Waals surface area contributed by atoms with Crippen molar-refractivity contribution in [2.45, 2.75) is 46.0 Å². The molecule has 0 amide bonds. The van der Waals surface area contributed by atoms with Crippen molar-refractivity contribution in [2.24, 2.45) is 5.41 Å². The minimum Gasteiger partial charge on any atom is -0.296 e. The summed E-state index contributed by atoms with van der Waals surface area (Å²) in [5.41, 5.74) is 5.80. The first-order valence-electron chi connectivity index (χ1n) is 7.76. The summed E-state index contributed by atoms with van der Waals surface area (Å²) in [6.07, 6.45) is 6.82. The summed E-state index contributed by atoms with van der Waals surface area (Å²) in [5, 5.41) is 0. The lowest BCUT2D eigenvalue weighted by Gasteiger charge is -2.28. The highest BCUT2D eigenvalue weighted by Crippen LogP contribution is 2.36. The zero-order chi connectivity index (χ0) is 14.6. The van der Waals surface area contributed by atoms with E-state index in [1.807, 2.05) is 10.9 Å². The topological polar surface area (TPSA) is 34.9 Å². The van der Waals surface area contributed by atoms with Gasteiger partial charge in [-0.05, 0) is 48.3 Å². The maximum absolute atomic E-state index is 12.6. The molecule has 21 heavy (non-hydrogen) atoms. The number of rotatable bonds is 1. The van der Waals surface area contributed by atoms with Crippen LogP contribution in [0.4, 0.5) is 0 Å². The first-order chi connectivity index (χ1) is 10.1. The SMILES string of the molecule is CC1(C)CC(=O)c2c(ncn2-c2cccc3c2CCC3)C1. The van der Waals surface area contributed by atoms with Gasteiger partial charge in [-0.2, -0.15) is 0 Å². The molecule has 0 radical (unpaired) electrons. The fourth-order valence-corrected chi connectivity index (χ4v) is 3.85. The lowest BCUT2D eigenvalue weighted by molar-refractivity contribution is 0.0904. The quantitative estimate of drug-likeness (QED) is 0.801. The molecule has 1 aromatic carbocycles. The van der Waals surface area contributed by atoms with Crippen LogP contribution in [0.3, 0.4) is 0 Å². The second-order valence-electron chi connectivity index (χ2n) is 7.12. The van der Waals surface area contributed by atoms with Crippen molar-refractivity contribution in [3.63, 3.8) is 0 Å². The summed E-state index contributed by atoms with van der Waals surface area (Å²) < 4.78 is 2.04. The minimum atomic E-state index is 0.0297. The number of benzene rings is 1. The molecule has 0 bridgehead atoms. The lowest BCUT2D eigenvalue weighted by atomic mass is 9.77. The largest absolute Gasteiger partial charge is 0.296 e. The molecule has 2 aromatic rings. The molecule has 0 saturated carbocycles. The number of nitrogens with zero attached hydrogens (tertiary/aromatic N) is 2. The van der Waals surface area contributed by atoms with Gasteiger partial charge in [0, 0.05) is 6.42 Å². The van der Waals surface area contributed by atoms with Crippen LogP contribution in [0.15, 0.2) is 24.5 Å². The predicted molar refractivity (Wildman–Crippen MR) is 82.0 cm³/mol. The van der Waals surface area contributed by atoms with Gasteiger partial charge in [-0.25, -0.2) is 4.98 Å². The van der Waals surface area contributed by atoms with Gasteiger partial charge in [0.15, 0.2) is 5.78 Å². The van der Waals surface area contributed by atoms with Crippen LogP contribution in [0.25, 0.3) is 5.69 Å². The van der Waals surface area contributed by atoms with Crippen LogP contribution in [-0.2, 0) is 19.3 Å². The number of imidazole rings is 1. The van der Waals surface area contributed by atoms with Crippen LogP contribution in [0.1, 0.15) is 54.0 Å². The number of aromatic nitrogens is 2. The standard InChI is InChI=1S/C18H20N2O/c1-18(2)9-14-17(16(21)10-18)20(11-19-14)15-8-4-6-12-5-3-7-13(12)15/h4,6,8,11H,3,5,7,9-10H2,1-2H3. The maximum atomic E-state index is 12.6. The zero-order valence-corrected chi connectivity index (χ0v) is 12.6. The summed E-state index contributed by atoms with van der Waals surface area (Å²) >= 11 is 0. The highest BCUT2D eigenvalue weighted by atomic mass is 16.1. The molecule has 2 aliphatic rings. The molecule has 0 N–H and O–H groups in total. The zero-order valence-electron chi connectivity index (χ0n) is 12.6. The van der Waals surface area contributed by atoms with E-state index in [2.05, 4.69) is 37.0 Å². The fourth-order valence-electron chi connectivity index (χ4n) is 3.85. The first-order valence-corrected chi connectivity index (χ1v) is 7.76. The molecule has 4 rings (SSSR count). The number of hydrogen-bond acceptors (Lipinski definition) is 2. The second kappa shape index (κ2) is 4.30. The average molecular weight is 280 g/mol. The smallest absolute Gasteiger partial charge is 0.182 e. The number of fused-ring (bicyclic) bond motifs is 2. The van der Waals surface area contributed by atoms with Gasteiger partial charge < -0.3 is 0 Å². The number of hydrogen-bond donors (Lipinski definition) is 0. The first kappa shape index (κ1) is 12.8.